The Morgan fingerprint density at radius 2 is 2.07 bits per heavy atom. The molecule has 0 aliphatic heterocycles. The predicted molar refractivity (Wildman–Crippen MR) is 65.9 cm³/mol. The second-order valence-corrected chi connectivity index (χ2v) is 4.33. The molecule has 0 aliphatic rings. The number of pyridine rings is 1. The van der Waals surface area contributed by atoms with E-state index >= 15 is 0 Å². The molecule has 2 rings (SSSR count). The van der Waals surface area contributed by atoms with Crippen LogP contribution in [0.3, 0.4) is 0 Å². The summed E-state index contributed by atoms with van der Waals surface area (Å²) in [6.45, 7) is 1.86. The molecule has 2 aromatic rings. The summed E-state index contributed by atoms with van der Waals surface area (Å²) >= 11 is 1.96. The Hall–Kier alpha value is -1.24. The molecule has 1 aromatic heterocycles. The minimum Gasteiger partial charge on any atom is -0.258 e. The van der Waals surface area contributed by atoms with Crippen molar-refractivity contribution in [2.24, 2.45) is 0 Å². The van der Waals surface area contributed by atoms with E-state index in [0.717, 1.165) is 5.69 Å². The maximum Gasteiger partial charge on any atom is 0.291 e. The number of benzene rings is 1. The number of hydrogen-bond acceptors (Lipinski definition) is 3. The smallest absolute Gasteiger partial charge is 0.258 e. The predicted octanol–water partition coefficient (Wildman–Crippen LogP) is 3.06. The molecule has 4 nitrogen and oxygen atoms in total. The van der Waals surface area contributed by atoms with Gasteiger partial charge in [0.05, 0.1) is 19.4 Å². The van der Waals surface area contributed by atoms with Crippen molar-refractivity contribution in [1.82, 2.24) is 4.98 Å². The highest BCUT2D eigenvalue weighted by Gasteiger charge is 2.16. The van der Waals surface area contributed by atoms with Crippen LogP contribution in [0.5, 0.6) is 0 Å². The minimum absolute atomic E-state index is 0.139. The number of nitro groups is 1. The van der Waals surface area contributed by atoms with E-state index in [1.165, 1.54) is 0 Å². The molecule has 0 unspecified atom stereocenters. The van der Waals surface area contributed by atoms with Crippen LogP contribution in [0.15, 0.2) is 24.3 Å². The van der Waals surface area contributed by atoms with E-state index in [4.69, 9.17) is 0 Å². The summed E-state index contributed by atoms with van der Waals surface area (Å²) in [4.78, 5) is 14.8. The Labute approximate surface area is 99.6 Å². The molecule has 0 saturated carbocycles. The Morgan fingerprint density at radius 1 is 1.33 bits per heavy atom. The lowest BCUT2D eigenvalue weighted by Crippen LogP contribution is -1.94. The molecule has 0 atom stereocenters. The van der Waals surface area contributed by atoms with Crippen LogP contribution >= 0.6 is 22.6 Å². The van der Waals surface area contributed by atoms with Gasteiger partial charge in [-0.25, -0.2) is 0 Å². The van der Waals surface area contributed by atoms with Crippen LogP contribution in [-0.4, -0.2) is 9.91 Å². The van der Waals surface area contributed by atoms with Gasteiger partial charge in [-0.3, -0.25) is 15.1 Å². The lowest BCUT2D eigenvalue weighted by Gasteiger charge is -2.01. The number of rotatable bonds is 1. The third kappa shape index (κ3) is 1.79. The maximum absolute atomic E-state index is 10.9. The van der Waals surface area contributed by atoms with Crippen LogP contribution in [0.4, 0.5) is 5.69 Å². The van der Waals surface area contributed by atoms with Gasteiger partial charge >= 0.3 is 0 Å². The minimum atomic E-state index is -0.360. The normalized spacial score (nSPS) is 10.5. The molecule has 0 fully saturated rings. The molecular formula is C10H7IN2O2. The van der Waals surface area contributed by atoms with Crippen molar-refractivity contribution in [3.05, 3.63) is 43.6 Å². The van der Waals surface area contributed by atoms with Gasteiger partial charge in [-0.1, -0.05) is 0 Å². The van der Waals surface area contributed by atoms with Gasteiger partial charge in [0, 0.05) is 5.69 Å². The van der Waals surface area contributed by atoms with Crippen LogP contribution in [0, 0.1) is 20.6 Å². The summed E-state index contributed by atoms with van der Waals surface area (Å²) in [5.74, 6) is 0. The summed E-state index contributed by atoms with van der Waals surface area (Å²) < 4.78 is 0.635. The first-order valence-corrected chi connectivity index (χ1v) is 5.38. The van der Waals surface area contributed by atoms with Gasteiger partial charge in [0.2, 0.25) is 0 Å². The molecule has 0 aliphatic carbocycles. The summed E-state index contributed by atoms with van der Waals surface area (Å²) in [5, 5.41) is 11.5. The molecule has 0 bridgehead atoms. The van der Waals surface area contributed by atoms with Crippen LogP contribution in [0.25, 0.3) is 10.9 Å². The molecule has 76 valence electrons. The highest BCUT2D eigenvalue weighted by Crippen LogP contribution is 2.29. The summed E-state index contributed by atoms with van der Waals surface area (Å²) in [5.41, 5.74) is 1.67. The fraction of sp³-hybridized carbons (Fsp3) is 0.100. The molecular weight excluding hydrogens is 307 g/mol. The van der Waals surface area contributed by atoms with Crippen LogP contribution < -0.4 is 0 Å². The second kappa shape index (κ2) is 3.73. The third-order valence-corrected chi connectivity index (χ3v) is 2.99. The maximum atomic E-state index is 10.9. The van der Waals surface area contributed by atoms with Gasteiger partial charge in [-0.2, -0.15) is 0 Å². The van der Waals surface area contributed by atoms with Crippen molar-refractivity contribution in [1.29, 1.82) is 0 Å². The molecule has 0 radical (unpaired) electrons. The Morgan fingerprint density at radius 3 is 2.73 bits per heavy atom. The largest absolute Gasteiger partial charge is 0.291 e. The summed E-state index contributed by atoms with van der Waals surface area (Å²) in [7, 11) is 0. The number of aryl methyl sites for hydroxylation is 1. The zero-order valence-electron chi connectivity index (χ0n) is 7.90. The number of hydrogen-bond donors (Lipinski definition) is 0. The van der Waals surface area contributed by atoms with Crippen molar-refractivity contribution in [2.45, 2.75) is 6.92 Å². The fourth-order valence-electron chi connectivity index (χ4n) is 1.45. The van der Waals surface area contributed by atoms with Gasteiger partial charge in [0.25, 0.3) is 5.69 Å². The number of fused-ring (bicyclic) bond motifs is 1. The zero-order chi connectivity index (χ0) is 11.0. The Bertz CT molecular complexity index is 554. The van der Waals surface area contributed by atoms with Crippen molar-refractivity contribution in [3.63, 3.8) is 0 Å². The van der Waals surface area contributed by atoms with E-state index in [-0.39, 0.29) is 10.6 Å². The van der Waals surface area contributed by atoms with Gasteiger partial charge in [-0.15, -0.1) is 0 Å². The number of aromatic nitrogens is 1. The lowest BCUT2D eigenvalue weighted by molar-refractivity contribution is -0.384. The van der Waals surface area contributed by atoms with Gasteiger partial charge < -0.3 is 0 Å². The quantitative estimate of drug-likeness (QED) is 0.462. The Balaban J connectivity index is 2.88. The van der Waals surface area contributed by atoms with E-state index in [9.17, 15) is 10.1 Å². The highest BCUT2D eigenvalue weighted by atomic mass is 127. The molecule has 15 heavy (non-hydrogen) atoms. The van der Waals surface area contributed by atoms with Crippen molar-refractivity contribution >= 4 is 39.2 Å². The van der Waals surface area contributed by atoms with Gasteiger partial charge in [0.1, 0.15) is 0 Å². The van der Waals surface area contributed by atoms with Crippen molar-refractivity contribution < 1.29 is 4.92 Å². The molecule has 1 aromatic carbocycles. The summed E-state index contributed by atoms with van der Waals surface area (Å²) in [6.07, 6.45) is 0. The molecule has 0 amide bonds. The molecule has 1 heterocycles. The fourth-order valence-corrected chi connectivity index (χ4v) is 2.12. The van der Waals surface area contributed by atoms with Crippen LogP contribution in [-0.2, 0) is 0 Å². The zero-order valence-corrected chi connectivity index (χ0v) is 10.1. The first kappa shape index (κ1) is 10.3. The van der Waals surface area contributed by atoms with Crippen molar-refractivity contribution in [3.8, 4) is 0 Å². The monoisotopic (exact) mass is 314 g/mol. The van der Waals surface area contributed by atoms with Crippen LogP contribution in [0.2, 0.25) is 0 Å². The standard InChI is InChI=1S/C10H7IN2O2/c1-6-2-3-7-9(12-6)5-4-8(11)10(7)13(14)15/h2-5H,1H3. The number of nitrogens with zero attached hydrogens (tertiary/aromatic N) is 2. The average molecular weight is 314 g/mol. The Kier molecular flexibility index (Phi) is 2.56. The molecule has 5 heteroatoms. The van der Waals surface area contributed by atoms with Crippen LogP contribution in [0.1, 0.15) is 5.69 Å². The van der Waals surface area contributed by atoms with Gasteiger partial charge in [0.15, 0.2) is 0 Å². The average Bonchev–Trinajstić information content (AvgIpc) is 2.17. The number of halogens is 1. The number of nitro benzene ring substituents is 1. The van der Waals surface area contributed by atoms with E-state index < -0.39 is 0 Å². The second-order valence-electron chi connectivity index (χ2n) is 3.17. The van der Waals surface area contributed by atoms with E-state index in [1.54, 1.807) is 24.3 Å². The lowest BCUT2D eigenvalue weighted by atomic mass is 10.1. The molecule has 0 N–H and O–H groups in total. The summed E-state index contributed by atoms with van der Waals surface area (Å²) in [6, 6.07) is 7.05. The van der Waals surface area contributed by atoms with Gasteiger partial charge in [-0.05, 0) is 53.8 Å². The third-order valence-electron chi connectivity index (χ3n) is 2.12. The SMILES string of the molecule is Cc1ccc2c([N+](=O)[O-])c(I)ccc2n1. The van der Waals surface area contributed by atoms with E-state index in [0.29, 0.717) is 14.5 Å². The highest BCUT2D eigenvalue weighted by molar-refractivity contribution is 14.1. The molecule has 0 saturated heterocycles. The molecule has 0 spiro atoms. The van der Waals surface area contributed by atoms with E-state index in [1.807, 2.05) is 29.5 Å². The topological polar surface area (TPSA) is 56.0 Å². The first-order chi connectivity index (χ1) is 7.09. The van der Waals surface area contributed by atoms with Crippen molar-refractivity contribution in [2.75, 3.05) is 0 Å². The van der Waals surface area contributed by atoms with E-state index in [2.05, 4.69) is 4.98 Å². The first-order valence-electron chi connectivity index (χ1n) is 4.30.